The molecule has 0 saturated carbocycles. The average molecular weight is 374 g/mol. The van der Waals surface area contributed by atoms with Crippen LogP contribution in [0, 0.1) is 0 Å². The van der Waals surface area contributed by atoms with Gasteiger partial charge in [-0.2, -0.15) is 18.3 Å². The number of carbonyl (C=O) groups excluding carboxylic acids is 1. The van der Waals surface area contributed by atoms with Gasteiger partial charge in [-0.1, -0.05) is 18.2 Å². The van der Waals surface area contributed by atoms with Gasteiger partial charge in [0.05, 0.1) is 17.6 Å². The number of alkyl halides is 3. The number of pyridine rings is 1. The van der Waals surface area contributed by atoms with Gasteiger partial charge >= 0.3 is 6.18 Å². The van der Waals surface area contributed by atoms with E-state index in [1.807, 2.05) is 18.2 Å². The van der Waals surface area contributed by atoms with Gasteiger partial charge in [0.1, 0.15) is 0 Å². The maximum atomic E-state index is 12.8. The van der Waals surface area contributed by atoms with E-state index in [2.05, 4.69) is 20.6 Å². The molecular weight excluding hydrogens is 361 g/mol. The first-order valence-corrected chi connectivity index (χ1v) is 7.95. The van der Waals surface area contributed by atoms with Gasteiger partial charge in [0, 0.05) is 18.6 Å². The molecule has 3 heterocycles. The Labute approximate surface area is 150 Å². The number of hydrogen-bond acceptors (Lipinski definition) is 4. The maximum Gasteiger partial charge on any atom is 0.416 e. The Balaban J connectivity index is 1.57. The highest BCUT2D eigenvalue weighted by Crippen LogP contribution is 2.29. The Morgan fingerprint density at radius 1 is 1.19 bits per heavy atom. The van der Waals surface area contributed by atoms with Crippen molar-refractivity contribution in [3.05, 3.63) is 59.7 Å². The first kappa shape index (κ1) is 17.0. The van der Waals surface area contributed by atoms with Gasteiger partial charge in [-0.25, -0.2) is 0 Å². The predicted molar refractivity (Wildman–Crippen MR) is 89.9 cm³/mol. The molecule has 0 aliphatic heterocycles. The van der Waals surface area contributed by atoms with Gasteiger partial charge in [-0.15, -0.1) is 10.2 Å². The van der Waals surface area contributed by atoms with Crippen LogP contribution < -0.4 is 5.32 Å². The van der Waals surface area contributed by atoms with E-state index >= 15 is 0 Å². The van der Waals surface area contributed by atoms with Crippen LogP contribution in [0.2, 0.25) is 0 Å². The lowest BCUT2D eigenvalue weighted by molar-refractivity contribution is -0.137. The van der Waals surface area contributed by atoms with E-state index in [9.17, 15) is 18.0 Å². The molecule has 0 bridgehead atoms. The number of nitrogens with zero attached hydrogens (tertiary/aromatic N) is 5. The van der Waals surface area contributed by atoms with E-state index in [1.165, 1.54) is 10.6 Å². The number of para-hydroxylation sites is 1. The molecule has 1 N–H and O–H groups in total. The molecule has 1 amide bonds. The van der Waals surface area contributed by atoms with Crippen molar-refractivity contribution in [3.8, 4) is 0 Å². The number of fused-ring (bicyclic) bond motifs is 2. The van der Waals surface area contributed by atoms with Crippen LogP contribution in [0.15, 0.2) is 42.6 Å². The molecule has 10 heteroatoms. The van der Waals surface area contributed by atoms with Crippen LogP contribution in [0.1, 0.15) is 21.9 Å². The van der Waals surface area contributed by atoms with Crippen LogP contribution in [-0.2, 0) is 19.8 Å². The summed E-state index contributed by atoms with van der Waals surface area (Å²) in [4.78, 5) is 12.5. The summed E-state index contributed by atoms with van der Waals surface area (Å²) in [5, 5.41) is 15.2. The topological polar surface area (TPSA) is 77.1 Å². The Morgan fingerprint density at radius 2 is 1.96 bits per heavy atom. The Morgan fingerprint density at radius 3 is 2.74 bits per heavy atom. The second-order valence-electron chi connectivity index (χ2n) is 5.93. The summed E-state index contributed by atoms with van der Waals surface area (Å²) >= 11 is 0. The zero-order chi connectivity index (χ0) is 19.2. The van der Waals surface area contributed by atoms with E-state index in [0.717, 1.165) is 17.6 Å². The quantitative estimate of drug-likeness (QED) is 0.598. The van der Waals surface area contributed by atoms with Gasteiger partial charge in [-0.3, -0.25) is 13.9 Å². The molecule has 3 aromatic heterocycles. The summed E-state index contributed by atoms with van der Waals surface area (Å²) in [6.07, 6.45) is -3.22. The van der Waals surface area contributed by atoms with Gasteiger partial charge < -0.3 is 5.32 Å². The van der Waals surface area contributed by atoms with Crippen LogP contribution in [-0.4, -0.2) is 30.3 Å². The summed E-state index contributed by atoms with van der Waals surface area (Å²) in [6.45, 7) is -0.00370. The van der Waals surface area contributed by atoms with E-state index in [0.29, 0.717) is 11.2 Å². The number of rotatable bonds is 3. The molecule has 4 rings (SSSR count). The lowest BCUT2D eigenvalue weighted by atomic mass is 10.2. The van der Waals surface area contributed by atoms with Crippen molar-refractivity contribution in [1.82, 2.24) is 29.7 Å². The smallest absolute Gasteiger partial charge is 0.343 e. The minimum Gasteiger partial charge on any atom is -0.343 e. The van der Waals surface area contributed by atoms with E-state index in [4.69, 9.17) is 0 Å². The molecule has 4 aromatic rings. The third-order valence-corrected chi connectivity index (χ3v) is 4.19. The van der Waals surface area contributed by atoms with Gasteiger partial charge in [0.25, 0.3) is 5.91 Å². The summed E-state index contributed by atoms with van der Waals surface area (Å²) in [6, 6.07) is 9.15. The van der Waals surface area contributed by atoms with Crippen LogP contribution in [0.4, 0.5) is 13.2 Å². The van der Waals surface area contributed by atoms with E-state index in [1.54, 1.807) is 17.8 Å². The molecule has 0 spiro atoms. The number of benzene rings is 1. The van der Waals surface area contributed by atoms with Crippen molar-refractivity contribution in [2.75, 3.05) is 0 Å². The fourth-order valence-electron chi connectivity index (χ4n) is 2.86. The lowest BCUT2D eigenvalue weighted by Gasteiger charge is -2.07. The van der Waals surface area contributed by atoms with Crippen molar-refractivity contribution in [1.29, 1.82) is 0 Å². The zero-order valence-corrected chi connectivity index (χ0v) is 14.0. The Hall–Kier alpha value is -3.43. The first-order valence-electron chi connectivity index (χ1n) is 7.95. The number of halogens is 3. The maximum absolute atomic E-state index is 12.8. The number of aryl methyl sites for hydroxylation is 1. The minimum atomic E-state index is -4.46. The molecule has 0 aliphatic rings. The lowest BCUT2D eigenvalue weighted by Crippen LogP contribution is -2.24. The molecule has 1 aromatic carbocycles. The van der Waals surface area contributed by atoms with E-state index < -0.39 is 17.6 Å². The normalized spacial score (nSPS) is 12.0. The fraction of sp³-hybridized carbons (Fsp3) is 0.176. The molecule has 0 atom stereocenters. The number of amides is 1. The molecule has 7 nitrogen and oxygen atoms in total. The van der Waals surface area contributed by atoms with Crippen molar-refractivity contribution >= 4 is 22.5 Å². The number of hydrogen-bond donors (Lipinski definition) is 1. The van der Waals surface area contributed by atoms with Gasteiger partial charge in [0.2, 0.25) is 0 Å². The number of carbonyl (C=O) groups is 1. The SMILES string of the molecule is Cn1nc(C(=O)NCc2nnc3cc(C(F)(F)F)ccn23)c2ccccc21. The van der Waals surface area contributed by atoms with Crippen molar-refractivity contribution in [3.63, 3.8) is 0 Å². The summed E-state index contributed by atoms with van der Waals surface area (Å²) in [5.74, 6) is -0.0947. The highest BCUT2D eigenvalue weighted by Gasteiger charge is 2.31. The molecule has 0 fully saturated rings. The highest BCUT2D eigenvalue weighted by molar-refractivity contribution is 6.04. The number of aromatic nitrogens is 5. The molecule has 0 unspecified atom stereocenters. The summed E-state index contributed by atoms with van der Waals surface area (Å²) in [5.41, 5.74) is 0.326. The van der Waals surface area contributed by atoms with Crippen molar-refractivity contribution in [2.24, 2.45) is 7.05 Å². The van der Waals surface area contributed by atoms with Crippen molar-refractivity contribution in [2.45, 2.75) is 12.7 Å². The Bertz CT molecular complexity index is 1160. The number of nitrogens with one attached hydrogen (secondary N) is 1. The third kappa shape index (κ3) is 2.98. The molecule has 138 valence electrons. The zero-order valence-electron chi connectivity index (χ0n) is 14.0. The van der Waals surface area contributed by atoms with Gasteiger partial charge in [-0.05, 0) is 18.2 Å². The van der Waals surface area contributed by atoms with Gasteiger partial charge in [0.15, 0.2) is 17.2 Å². The molecule has 0 saturated heterocycles. The monoisotopic (exact) mass is 374 g/mol. The second-order valence-corrected chi connectivity index (χ2v) is 5.93. The fourth-order valence-corrected chi connectivity index (χ4v) is 2.86. The van der Waals surface area contributed by atoms with Crippen LogP contribution in [0.3, 0.4) is 0 Å². The summed E-state index contributed by atoms with van der Waals surface area (Å²) < 4.78 is 41.3. The average Bonchev–Trinajstić information content (AvgIpc) is 3.20. The minimum absolute atomic E-state index is 0.00370. The third-order valence-electron chi connectivity index (χ3n) is 4.19. The van der Waals surface area contributed by atoms with Crippen molar-refractivity contribution < 1.29 is 18.0 Å². The van der Waals surface area contributed by atoms with E-state index in [-0.39, 0.29) is 17.9 Å². The largest absolute Gasteiger partial charge is 0.416 e. The summed E-state index contributed by atoms with van der Waals surface area (Å²) in [7, 11) is 1.74. The Kier molecular flexibility index (Phi) is 3.83. The van der Waals surface area contributed by atoms with Crippen LogP contribution in [0.25, 0.3) is 16.6 Å². The molecule has 27 heavy (non-hydrogen) atoms. The van der Waals surface area contributed by atoms with Crippen LogP contribution >= 0.6 is 0 Å². The van der Waals surface area contributed by atoms with Crippen LogP contribution in [0.5, 0.6) is 0 Å². The molecule has 0 radical (unpaired) electrons. The first-order chi connectivity index (χ1) is 12.8. The predicted octanol–water partition coefficient (Wildman–Crippen LogP) is 2.56. The standard InChI is InChI=1S/C17H13F3N6O/c1-25-12-5-3-2-4-11(12)15(24-25)16(27)21-9-14-23-22-13-8-10(17(18,19)20)6-7-26(13)14/h2-8H,9H2,1H3,(H,21,27). The molecule has 0 aliphatic carbocycles. The molecular formula is C17H13F3N6O. The second kappa shape index (κ2) is 6.08. The highest BCUT2D eigenvalue weighted by atomic mass is 19.4.